The molecule has 2 rings (SSSR count). The van der Waals surface area contributed by atoms with Crippen molar-refractivity contribution in [2.24, 2.45) is 0 Å². The Labute approximate surface area is 149 Å². The van der Waals surface area contributed by atoms with Crippen molar-refractivity contribution in [3.63, 3.8) is 0 Å². The number of carbonyl (C=O) groups is 2. The van der Waals surface area contributed by atoms with Gasteiger partial charge in [0.1, 0.15) is 0 Å². The molecule has 0 spiro atoms. The number of likely N-dealkylation sites (tertiary alicyclic amines) is 1. The fraction of sp³-hybridized carbons (Fsp3) is 0.667. The summed E-state index contributed by atoms with van der Waals surface area (Å²) >= 11 is 1.63. The molecule has 0 aromatic carbocycles. The fourth-order valence-electron chi connectivity index (χ4n) is 2.93. The van der Waals surface area contributed by atoms with Crippen molar-refractivity contribution in [1.29, 1.82) is 0 Å². The lowest BCUT2D eigenvalue weighted by molar-refractivity contribution is -0.133. The molecule has 2 heterocycles. The Morgan fingerprint density at radius 1 is 1.17 bits per heavy atom. The van der Waals surface area contributed by atoms with Gasteiger partial charge in [-0.1, -0.05) is 32.3 Å². The normalized spacial score (nSPS) is 15.8. The highest BCUT2D eigenvalue weighted by Crippen LogP contribution is 2.11. The van der Waals surface area contributed by atoms with E-state index in [1.165, 1.54) is 19.3 Å². The van der Waals surface area contributed by atoms with E-state index in [0.29, 0.717) is 19.6 Å². The minimum absolute atomic E-state index is 0.0225. The molecule has 0 unspecified atom stereocenters. The number of thiophene rings is 1. The summed E-state index contributed by atoms with van der Waals surface area (Å²) in [6.07, 6.45) is 5.91. The maximum atomic E-state index is 12.5. The number of likely N-dealkylation sites (N-methyl/N-ethyl adjacent to an activating group) is 1. The van der Waals surface area contributed by atoms with Crippen molar-refractivity contribution in [2.75, 3.05) is 32.7 Å². The molecule has 0 bridgehead atoms. The lowest BCUT2D eigenvalue weighted by Gasteiger charge is -2.28. The summed E-state index contributed by atoms with van der Waals surface area (Å²) in [5, 5.41) is 4.93. The molecular formula is C18H29N3O2S. The monoisotopic (exact) mass is 351 g/mol. The van der Waals surface area contributed by atoms with E-state index < -0.39 is 0 Å². The fourth-order valence-corrected chi connectivity index (χ4v) is 3.57. The van der Waals surface area contributed by atoms with Crippen molar-refractivity contribution in [3.8, 4) is 0 Å². The van der Waals surface area contributed by atoms with Crippen LogP contribution in [0.15, 0.2) is 17.5 Å². The minimum Gasteiger partial charge on any atom is -0.350 e. The number of nitrogens with one attached hydrogen (secondary N) is 1. The third kappa shape index (κ3) is 6.61. The largest absolute Gasteiger partial charge is 0.350 e. The predicted octanol–water partition coefficient (Wildman–Crippen LogP) is 2.48. The molecule has 134 valence electrons. The number of rotatable bonds is 7. The van der Waals surface area contributed by atoms with Crippen molar-refractivity contribution in [2.45, 2.75) is 45.6 Å². The molecule has 1 saturated heterocycles. The molecule has 1 aromatic heterocycles. The molecule has 0 saturated carbocycles. The van der Waals surface area contributed by atoms with E-state index in [-0.39, 0.29) is 18.4 Å². The second kappa shape index (κ2) is 10.5. The molecule has 5 nitrogen and oxygen atoms in total. The van der Waals surface area contributed by atoms with Crippen LogP contribution in [0.25, 0.3) is 0 Å². The van der Waals surface area contributed by atoms with Gasteiger partial charge in [-0.05, 0) is 30.8 Å². The molecule has 1 aliphatic heterocycles. The molecule has 1 aliphatic rings. The van der Waals surface area contributed by atoms with E-state index in [0.717, 1.165) is 30.8 Å². The average Bonchev–Trinajstić information content (AvgIpc) is 3.05. The van der Waals surface area contributed by atoms with Gasteiger partial charge in [-0.15, -0.1) is 11.3 Å². The second-order valence-electron chi connectivity index (χ2n) is 6.31. The number of hydrogen-bond donors (Lipinski definition) is 1. The molecular weight excluding hydrogens is 322 g/mol. The first kappa shape index (κ1) is 18.9. The molecule has 1 N–H and O–H groups in total. The smallest absolute Gasteiger partial charge is 0.236 e. The zero-order valence-corrected chi connectivity index (χ0v) is 15.4. The van der Waals surface area contributed by atoms with E-state index in [1.807, 2.05) is 34.2 Å². The molecule has 2 amide bonds. The minimum atomic E-state index is -0.0225. The Bertz CT molecular complexity index is 496. The summed E-state index contributed by atoms with van der Waals surface area (Å²) in [5.74, 6) is 0.135. The summed E-state index contributed by atoms with van der Waals surface area (Å²) in [5.41, 5.74) is 0. The van der Waals surface area contributed by atoms with E-state index in [4.69, 9.17) is 0 Å². The Morgan fingerprint density at radius 3 is 2.50 bits per heavy atom. The Kier molecular flexibility index (Phi) is 8.25. The molecule has 1 aromatic rings. The van der Waals surface area contributed by atoms with Crippen LogP contribution in [0.4, 0.5) is 0 Å². The molecule has 24 heavy (non-hydrogen) atoms. The van der Waals surface area contributed by atoms with Gasteiger partial charge in [0.05, 0.1) is 19.6 Å². The third-order valence-corrected chi connectivity index (χ3v) is 5.30. The van der Waals surface area contributed by atoms with Crippen LogP contribution in [0.2, 0.25) is 0 Å². The van der Waals surface area contributed by atoms with Crippen molar-refractivity contribution < 1.29 is 9.59 Å². The first-order valence-corrected chi connectivity index (χ1v) is 9.86. The third-order valence-electron chi connectivity index (χ3n) is 4.42. The Morgan fingerprint density at radius 2 is 1.88 bits per heavy atom. The highest BCUT2D eigenvalue weighted by molar-refractivity contribution is 7.09. The van der Waals surface area contributed by atoms with E-state index in [1.54, 1.807) is 11.3 Å². The van der Waals surface area contributed by atoms with Crippen LogP contribution in [0.3, 0.4) is 0 Å². The van der Waals surface area contributed by atoms with Gasteiger partial charge in [-0.25, -0.2) is 0 Å². The average molecular weight is 352 g/mol. The number of nitrogens with zero attached hydrogens (tertiary/aromatic N) is 2. The van der Waals surface area contributed by atoms with Crippen LogP contribution < -0.4 is 5.32 Å². The topological polar surface area (TPSA) is 52.7 Å². The van der Waals surface area contributed by atoms with Crippen LogP contribution in [-0.2, 0) is 16.1 Å². The second-order valence-corrected chi connectivity index (χ2v) is 7.34. The van der Waals surface area contributed by atoms with Gasteiger partial charge in [0.15, 0.2) is 0 Å². The van der Waals surface area contributed by atoms with E-state index in [9.17, 15) is 9.59 Å². The van der Waals surface area contributed by atoms with Gasteiger partial charge in [0.2, 0.25) is 11.8 Å². The highest BCUT2D eigenvalue weighted by atomic mass is 32.1. The molecule has 0 aliphatic carbocycles. The zero-order chi connectivity index (χ0) is 17.2. The van der Waals surface area contributed by atoms with Crippen LogP contribution in [0.5, 0.6) is 0 Å². The van der Waals surface area contributed by atoms with E-state index in [2.05, 4.69) is 5.32 Å². The van der Waals surface area contributed by atoms with Crippen LogP contribution >= 0.6 is 11.3 Å². The van der Waals surface area contributed by atoms with Crippen molar-refractivity contribution in [3.05, 3.63) is 22.4 Å². The van der Waals surface area contributed by atoms with Gasteiger partial charge < -0.3 is 10.2 Å². The van der Waals surface area contributed by atoms with Gasteiger partial charge in [0, 0.05) is 18.0 Å². The lowest BCUT2D eigenvalue weighted by Crippen LogP contribution is -2.45. The Balaban J connectivity index is 1.75. The molecule has 1 fully saturated rings. The SMILES string of the molecule is CCN(CC(=O)NCc1cccs1)CC(=O)N1CCCCCCC1. The van der Waals surface area contributed by atoms with Gasteiger partial charge in [0.25, 0.3) is 0 Å². The first-order valence-electron chi connectivity index (χ1n) is 8.98. The van der Waals surface area contributed by atoms with Gasteiger partial charge in [-0.2, -0.15) is 0 Å². The van der Waals surface area contributed by atoms with Crippen LogP contribution in [-0.4, -0.2) is 54.3 Å². The van der Waals surface area contributed by atoms with Crippen molar-refractivity contribution >= 4 is 23.2 Å². The maximum Gasteiger partial charge on any atom is 0.236 e. The van der Waals surface area contributed by atoms with Crippen molar-refractivity contribution in [1.82, 2.24) is 15.1 Å². The summed E-state index contributed by atoms with van der Waals surface area (Å²) < 4.78 is 0. The van der Waals surface area contributed by atoms with Crippen LogP contribution in [0.1, 0.15) is 43.9 Å². The number of carbonyl (C=O) groups excluding carboxylic acids is 2. The number of hydrogen-bond acceptors (Lipinski definition) is 4. The van der Waals surface area contributed by atoms with Gasteiger partial charge >= 0.3 is 0 Å². The standard InChI is InChI=1S/C18H29N3O2S/c1-2-20(14-17(22)19-13-16-9-8-12-24-16)15-18(23)21-10-6-4-3-5-7-11-21/h8-9,12H,2-7,10-11,13-15H2,1H3,(H,19,22). The quantitative estimate of drug-likeness (QED) is 0.821. The molecule has 6 heteroatoms. The lowest BCUT2D eigenvalue weighted by atomic mass is 10.1. The summed E-state index contributed by atoms with van der Waals surface area (Å²) in [7, 11) is 0. The van der Waals surface area contributed by atoms with E-state index >= 15 is 0 Å². The Hall–Kier alpha value is -1.40. The molecule has 0 atom stereocenters. The molecule has 0 radical (unpaired) electrons. The summed E-state index contributed by atoms with van der Waals surface area (Å²) in [6, 6.07) is 3.99. The summed E-state index contributed by atoms with van der Waals surface area (Å²) in [6.45, 7) is 5.60. The number of amides is 2. The predicted molar refractivity (Wildman–Crippen MR) is 97.9 cm³/mol. The maximum absolute atomic E-state index is 12.5. The summed E-state index contributed by atoms with van der Waals surface area (Å²) in [4.78, 5) is 29.6. The van der Waals surface area contributed by atoms with Gasteiger partial charge in [-0.3, -0.25) is 14.5 Å². The first-order chi connectivity index (χ1) is 11.7. The van der Waals surface area contributed by atoms with Crippen LogP contribution in [0, 0.1) is 0 Å². The highest BCUT2D eigenvalue weighted by Gasteiger charge is 2.19. The zero-order valence-electron chi connectivity index (χ0n) is 14.6.